The number of nitrogens with zero attached hydrogens (tertiary/aromatic N) is 8. The van der Waals surface area contributed by atoms with Gasteiger partial charge in [0.25, 0.3) is 0 Å². The van der Waals surface area contributed by atoms with Gasteiger partial charge in [0.1, 0.15) is 40.8 Å². The maximum Gasteiger partial charge on any atom is 0.246 e. The maximum absolute atomic E-state index is 12.1. The topological polar surface area (TPSA) is 173 Å². The van der Waals surface area contributed by atoms with E-state index in [1.807, 2.05) is 34.7 Å². The van der Waals surface area contributed by atoms with Crippen LogP contribution in [0.15, 0.2) is 84.9 Å². The minimum Gasteiger partial charge on any atom is -0.495 e. The quantitative estimate of drug-likeness (QED) is 0.111. The smallest absolute Gasteiger partial charge is 0.246 e. The third kappa shape index (κ3) is 7.21. The summed E-state index contributed by atoms with van der Waals surface area (Å²) in [6, 6.07) is 12.7. The van der Waals surface area contributed by atoms with Gasteiger partial charge >= 0.3 is 0 Å². The lowest BCUT2D eigenvalue weighted by Crippen LogP contribution is -2.50. The number of amides is 2. The highest BCUT2D eigenvalue weighted by Gasteiger charge is 2.34. The average Bonchev–Trinajstić information content (AvgIpc) is 4.08. The van der Waals surface area contributed by atoms with E-state index in [2.05, 4.69) is 84.1 Å². The summed E-state index contributed by atoms with van der Waals surface area (Å²) in [6.45, 7) is 11.7. The normalized spacial score (nSPS) is 15.3. The molecule has 2 fully saturated rings. The summed E-state index contributed by atoms with van der Waals surface area (Å²) in [5, 5.41) is 3.90. The molecule has 10 rings (SSSR count). The molecule has 4 N–H and O–H groups in total. The maximum atomic E-state index is 12.1. The number of anilines is 2. The van der Waals surface area contributed by atoms with Crippen LogP contribution in [0.3, 0.4) is 0 Å². The Morgan fingerprint density at radius 2 is 1.37 bits per heavy atom. The molecule has 62 heavy (non-hydrogen) atoms. The van der Waals surface area contributed by atoms with Gasteiger partial charge < -0.3 is 39.9 Å². The number of benzene rings is 2. The number of nitrogen functional groups attached to an aromatic ring is 2. The van der Waals surface area contributed by atoms with E-state index in [0.717, 1.165) is 85.4 Å². The zero-order valence-corrected chi connectivity index (χ0v) is 37.9. The number of hydrogen-bond acceptors (Lipinski definition) is 12. The van der Waals surface area contributed by atoms with Gasteiger partial charge in [-0.05, 0) is 83.8 Å². The van der Waals surface area contributed by atoms with Crippen molar-refractivity contribution in [2.75, 3.05) is 51.9 Å². The van der Waals surface area contributed by atoms with E-state index in [4.69, 9.17) is 32.5 Å². The van der Waals surface area contributed by atoms with E-state index in [0.29, 0.717) is 43.5 Å². The van der Waals surface area contributed by atoms with E-state index < -0.39 is 0 Å². The number of aromatic nitrogens is 6. The van der Waals surface area contributed by atoms with Gasteiger partial charge in [-0.2, -0.15) is 4.98 Å². The van der Waals surface area contributed by atoms with Gasteiger partial charge in [-0.25, -0.2) is 15.0 Å². The summed E-state index contributed by atoms with van der Waals surface area (Å²) in [5.74, 6) is 2.33. The first-order valence-electron chi connectivity index (χ1n) is 19.5. The molecule has 18 heteroatoms. The van der Waals surface area contributed by atoms with Crippen LogP contribution in [0.4, 0.5) is 11.6 Å². The fourth-order valence-electron chi connectivity index (χ4n) is 8.34. The lowest BCUT2D eigenvalue weighted by atomic mass is 10.1. The summed E-state index contributed by atoms with van der Waals surface area (Å²) in [4.78, 5) is 47.0. The van der Waals surface area contributed by atoms with Gasteiger partial charge in [-0.15, -0.1) is 22.7 Å². The molecule has 0 aliphatic carbocycles. The predicted octanol–water partition coefficient (Wildman–Crippen LogP) is 9.06. The number of fused-ring (bicyclic) bond motifs is 4. The highest BCUT2D eigenvalue weighted by atomic mass is 79.9. The molecule has 0 radical (unpaired) electrons. The number of ether oxygens (including phenoxy) is 2. The molecule has 2 aromatic carbocycles. The Balaban J connectivity index is 0.000000158. The lowest BCUT2D eigenvalue weighted by Gasteiger charge is -2.39. The second kappa shape index (κ2) is 16.4. The van der Waals surface area contributed by atoms with Crippen molar-refractivity contribution in [3.05, 3.63) is 95.7 Å². The van der Waals surface area contributed by atoms with Crippen LogP contribution in [0.1, 0.15) is 24.1 Å². The van der Waals surface area contributed by atoms with Crippen molar-refractivity contribution in [3.63, 3.8) is 0 Å². The molecule has 0 saturated carbocycles. The first-order valence-corrected chi connectivity index (χ1v) is 22.3. The number of halogens is 2. The standard InChI is InChI=1S/C22H20BrN5O2S.C22H20ClN5O2S/c1-3-18(29)27-5-4-14(9-27)28-10-15(19-21(24)25-11-26-22(19)28)17-7-12-6-13(23)8-16(30-2)20(12)31-17;1-4-17(29)27-8-13(9-27)28-10-14(18-20(24)25-22(23)26-21(18)28)16-7-12-5-11(2)6-15(30-3)19(12)31-16/h3,6-8,10-11,14H,1,4-5,9H2,2H3,(H2,24,25,26);4-7,10,13H,1,8-9H2,2-3H3,(H2,24,25,26). The van der Waals surface area contributed by atoms with Crippen molar-refractivity contribution in [2.45, 2.75) is 25.4 Å². The molecule has 316 valence electrons. The summed E-state index contributed by atoms with van der Waals surface area (Å²) < 4.78 is 18.5. The number of hydrogen-bond donors (Lipinski definition) is 2. The van der Waals surface area contributed by atoms with Gasteiger partial charge in [-0.3, -0.25) is 9.59 Å². The molecular formula is C44H40BrClN10O4S2. The van der Waals surface area contributed by atoms with Crippen LogP contribution in [-0.4, -0.2) is 91.1 Å². The van der Waals surface area contributed by atoms with Crippen molar-refractivity contribution in [1.82, 2.24) is 38.9 Å². The number of thiophene rings is 2. The molecule has 2 saturated heterocycles. The van der Waals surface area contributed by atoms with Crippen LogP contribution in [-0.2, 0) is 9.59 Å². The number of rotatable bonds is 8. The second-order valence-corrected chi connectivity index (χ2v) is 18.5. The fraction of sp³-hybridized carbons (Fsp3) is 0.227. The Kier molecular flexibility index (Phi) is 10.9. The minimum absolute atomic E-state index is 0.0458. The van der Waals surface area contributed by atoms with E-state index in [1.54, 1.807) is 41.8 Å². The Morgan fingerprint density at radius 1 is 0.790 bits per heavy atom. The van der Waals surface area contributed by atoms with E-state index in [-0.39, 0.29) is 29.2 Å². The number of methoxy groups -OCH3 is 2. The Labute approximate surface area is 377 Å². The van der Waals surface area contributed by atoms with Crippen molar-refractivity contribution >= 4 is 116 Å². The van der Waals surface area contributed by atoms with E-state index in [9.17, 15) is 9.59 Å². The van der Waals surface area contributed by atoms with Crippen molar-refractivity contribution < 1.29 is 19.1 Å². The van der Waals surface area contributed by atoms with Gasteiger partial charge in [0.2, 0.25) is 17.1 Å². The molecule has 8 heterocycles. The van der Waals surface area contributed by atoms with Crippen LogP contribution in [0.5, 0.6) is 11.5 Å². The molecule has 6 aromatic heterocycles. The molecular weight excluding hydrogens is 912 g/mol. The second-order valence-electron chi connectivity index (χ2n) is 15.1. The molecule has 1 atom stereocenters. The highest BCUT2D eigenvalue weighted by molar-refractivity contribution is 9.10. The summed E-state index contributed by atoms with van der Waals surface area (Å²) in [7, 11) is 3.36. The van der Waals surface area contributed by atoms with Crippen molar-refractivity contribution in [2.24, 2.45) is 0 Å². The Hall–Kier alpha value is -6.01. The SMILES string of the molecule is C=CC(=O)N1CC(n2cc(-c3cc4cc(C)cc(OC)c4s3)c3c(N)nc(Cl)nc32)C1.C=CC(=O)N1CCC(n2cc(-c3cc4cc(Br)cc(OC)c4s3)c3c(N)ncnc32)C1. The summed E-state index contributed by atoms with van der Waals surface area (Å²) >= 11 is 13.0. The minimum atomic E-state index is -0.0768. The van der Waals surface area contributed by atoms with Crippen LogP contribution in [0.25, 0.3) is 63.1 Å². The fourth-order valence-corrected chi connectivity index (χ4v) is 11.3. The van der Waals surface area contributed by atoms with Crippen LogP contribution in [0, 0.1) is 6.92 Å². The molecule has 0 bridgehead atoms. The zero-order chi connectivity index (χ0) is 43.6. The molecule has 8 aromatic rings. The molecule has 2 aliphatic rings. The van der Waals surface area contributed by atoms with Gasteiger partial charge in [-0.1, -0.05) is 35.2 Å². The first kappa shape index (κ1) is 41.3. The van der Waals surface area contributed by atoms with Gasteiger partial charge in [0, 0.05) is 63.9 Å². The number of aryl methyl sites for hydroxylation is 1. The average molecular weight is 952 g/mol. The molecule has 0 spiro atoms. The Morgan fingerprint density at radius 3 is 2.02 bits per heavy atom. The van der Waals surface area contributed by atoms with Crippen molar-refractivity contribution in [1.29, 1.82) is 0 Å². The molecule has 1 unspecified atom stereocenters. The number of carbonyl (C=O) groups is 2. The predicted molar refractivity (Wildman–Crippen MR) is 252 cm³/mol. The van der Waals surface area contributed by atoms with Crippen LogP contribution in [0.2, 0.25) is 5.28 Å². The monoisotopic (exact) mass is 950 g/mol. The first-order chi connectivity index (χ1) is 29.9. The van der Waals surface area contributed by atoms with Gasteiger partial charge in [0.15, 0.2) is 0 Å². The molecule has 2 amide bonds. The van der Waals surface area contributed by atoms with Crippen LogP contribution >= 0.6 is 50.2 Å². The van der Waals surface area contributed by atoms with E-state index >= 15 is 0 Å². The van der Waals surface area contributed by atoms with Crippen LogP contribution < -0.4 is 20.9 Å². The highest BCUT2D eigenvalue weighted by Crippen LogP contribution is 2.46. The lowest BCUT2D eigenvalue weighted by molar-refractivity contribution is -0.131. The third-order valence-electron chi connectivity index (χ3n) is 11.3. The largest absolute Gasteiger partial charge is 0.495 e. The van der Waals surface area contributed by atoms with E-state index in [1.165, 1.54) is 18.5 Å². The van der Waals surface area contributed by atoms with Crippen molar-refractivity contribution in [3.8, 4) is 32.4 Å². The third-order valence-corrected chi connectivity index (χ3v) is 14.4. The zero-order valence-electron chi connectivity index (χ0n) is 33.9. The number of carbonyl (C=O) groups excluding carboxylic acids is 2. The number of likely N-dealkylation sites (tertiary alicyclic amines) is 2. The molecule has 2 aliphatic heterocycles. The molecule has 14 nitrogen and oxygen atoms in total. The Bertz CT molecular complexity index is 3130. The number of nitrogens with two attached hydrogens (primary N) is 2. The summed E-state index contributed by atoms with van der Waals surface area (Å²) in [5.41, 5.74) is 17.1. The summed E-state index contributed by atoms with van der Waals surface area (Å²) in [6.07, 6.45) is 9.17. The van der Waals surface area contributed by atoms with Gasteiger partial charge in [0.05, 0.1) is 46.5 Å².